The smallest absolute Gasteiger partial charge is 0.265 e. The Bertz CT molecular complexity index is 1170. The van der Waals surface area contributed by atoms with E-state index in [2.05, 4.69) is 5.32 Å². The number of fused-ring (bicyclic) bond motifs is 1. The summed E-state index contributed by atoms with van der Waals surface area (Å²) < 4.78 is 47.2. The molecular formula is C21H23FN2O4S2. The molecule has 0 atom stereocenters. The highest BCUT2D eigenvalue weighted by Gasteiger charge is 2.24. The molecule has 0 fully saturated rings. The van der Waals surface area contributed by atoms with E-state index in [9.17, 15) is 17.6 Å². The van der Waals surface area contributed by atoms with E-state index in [1.165, 1.54) is 34.6 Å². The van der Waals surface area contributed by atoms with Gasteiger partial charge in [-0.25, -0.2) is 12.8 Å². The zero-order valence-corrected chi connectivity index (χ0v) is 18.6. The van der Waals surface area contributed by atoms with Gasteiger partial charge in [0.05, 0.1) is 22.1 Å². The van der Waals surface area contributed by atoms with Crippen molar-refractivity contribution < 1.29 is 22.3 Å². The number of anilines is 1. The second-order valence-electron chi connectivity index (χ2n) is 6.40. The Morgan fingerprint density at radius 1 is 1.13 bits per heavy atom. The standard InChI is InChI=1S/C21H23FN2O4S2/c1-4-24(5-2)30(26,27)14-10-11-18(28-6-3)17(12-14)23-21(25)20-13-15-16(22)8-7-9-19(15)29-20/h7-13H,4-6H2,1-3H3,(H,23,25). The summed E-state index contributed by atoms with van der Waals surface area (Å²) in [7, 11) is -3.70. The van der Waals surface area contributed by atoms with Gasteiger partial charge in [0.15, 0.2) is 0 Å². The lowest BCUT2D eigenvalue weighted by Gasteiger charge is -2.20. The lowest BCUT2D eigenvalue weighted by molar-refractivity contribution is 0.103. The van der Waals surface area contributed by atoms with Gasteiger partial charge in [-0.15, -0.1) is 11.3 Å². The summed E-state index contributed by atoms with van der Waals surface area (Å²) in [5.41, 5.74) is 0.244. The lowest BCUT2D eigenvalue weighted by Crippen LogP contribution is -2.30. The minimum atomic E-state index is -3.70. The number of rotatable bonds is 8. The van der Waals surface area contributed by atoms with E-state index in [-0.39, 0.29) is 10.6 Å². The second-order valence-corrected chi connectivity index (χ2v) is 9.42. The van der Waals surface area contributed by atoms with Crippen LogP contribution in [0.25, 0.3) is 10.1 Å². The Labute approximate surface area is 179 Å². The molecule has 0 saturated carbocycles. The third-order valence-electron chi connectivity index (χ3n) is 4.57. The molecule has 1 aromatic heterocycles. The van der Waals surface area contributed by atoms with Gasteiger partial charge in [-0.05, 0) is 43.3 Å². The van der Waals surface area contributed by atoms with Crippen molar-refractivity contribution >= 4 is 43.0 Å². The molecule has 0 spiro atoms. The van der Waals surface area contributed by atoms with Crippen LogP contribution in [0, 0.1) is 5.82 Å². The summed E-state index contributed by atoms with van der Waals surface area (Å²) in [6.07, 6.45) is 0. The van der Waals surface area contributed by atoms with Gasteiger partial charge in [-0.1, -0.05) is 19.9 Å². The van der Waals surface area contributed by atoms with E-state index >= 15 is 0 Å². The number of carbonyl (C=O) groups is 1. The zero-order valence-electron chi connectivity index (χ0n) is 16.9. The first-order valence-electron chi connectivity index (χ1n) is 9.58. The molecule has 3 aromatic rings. The maximum atomic E-state index is 14.0. The van der Waals surface area contributed by atoms with Crippen LogP contribution < -0.4 is 10.1 Å². The molecule has 0 radical (unpaired) electrons. The van der Waals surface area contributed by atoms with Gasteiger partial charge in [0.1, 0.15) is 11.6 Å². The summed E-state index contributed by atoms with van der Waals surface area (Å²) in [6.45, 7) is 6.33. The first kappa shape index (κ1) is 22.2. The van der Waals surface area contributed by atoms with Crippen LogP contribution in [0.4, 0.5) is 10.1 Å². The maximum Gasteiger partial charge on any atom is 0.265 e. The number of halogens is 1. The van der Waals surface area contributed by atoms with Crippen LogP contribution in [-0.2, 0) is 10.0 Å². The molecule has 0 aliphatic carbocycles. The minimum Gasteiger partial charge on any atom is -0.492 e. The average Bonchev–Trinajstić information content (AvgIpc) is 3.16. The Balaban J connectivity index is 1.98. The van der Waals surface area contributed by atoms with Crippen molar-refractivity contribution in [3.63, 3.8) is 0 Å². The van der Waals surface area contributed by atoms with Crippen LogP contribution in [0.2, 0.25) is 0 Å². The molecule has 6 nitrogen and oxygen atoms in total. The van der Waals surface area contributed by atoms with E-state index < -0.39 is 21.7 Å². The highest BCUT2D eigenvalue weighted by Crippen LogP contribution is 2.32. The predicted molar refractivity (Wildman–Crippen MR) is 117 cm³/mol. The summed E-state index contributed by atoms with van der Waals surface area (Å²) in [4.78, 5) is 13.2. The van der Waals surface area contributed by atoms with Crippen LogP contribution in [-0.4, -0.2) is 38.3 Å². The van der Waals surface area contributed by atoms with E-state index in [4.69, 9.17) is 4.74 Å². The number of carbonyl (C=O) groups excluding carboxylic acids is 1. The number of hydrogen-bond donors (Lipinski definition) is 1. The van der Waals surface area contributed by atoms with Crippen molar-refractivity contribution in [3.8, 4) is 5.75 Å². The SMILES string of the molecule is CCOc1ccc(S(=O)(=O)N(CC)CC)cc1NC(=O)c1cc2c(F)cccc2s1. The average molecular weight is 451 g/mol. The number of thiophene rings is 1. The van der Waals surface area contributed by atoms with E-state index in [1.54, 1.807) is 32.9 Å². The van der Waals surface area contributed by atoms with Gasteiger partial charge < -0.3 is 10.1 Å². The molecule has 0 saturated heterocycles. The quantitative estimate of drug-likeness (QED) is 0.539. The van der Waals surface area contributed by atoms with Crippen molar-refractivity contribution in [1.82, 2.24) is 4.31 Å². The molecular weight excluding hydrogens is 427 g/mol. The van der Waals surface area contributed by atoms with Crippen LogP contribution in [0.3, 0.4) is 0 Å². The third kappa shape index (κ3) is 4.33. The number of ether oxygens (including phenoxy) is 1. The number of amides is 1. The fourth-order valence-electron chi connectivity index (χ4n) is 3.08. The summed E-state index contributed by atoms with van der Waals surface area (Å²) >= 11 is 1.16. The van der Waals surface area contributed by atoms with Crippen LogP contribution in [0.1, 0.15) is 30.4 Å². The monoisotopic (exact) mass is 450 g/mol. The Morgan fingerprint density at radius 2 is 1.87 bits per heavy atom. The van der Waals surface area contributed by atoms with Crippen molar-refractivity contribution in [1.29, 1.82) is 0 Å². The molecule has 1 heterocycles. The highest BCUT2D eigenvalue weighted by atomic mass is 32.2. The third-order valence-corrected chi connectivity index (χ3v) is 7.72. The molecule has 0 aliphatic heterocycles. The Morgan fingerprint density at radius 3 is 2.50 bits per heavy atom. The molecule has 0 unspecified atom stereocenters. The first-order valence-corrected chi connectivity index (χ1v) is 11.8. The number of sulfonamides is 1. The van der Waals surface area contributed by atoms with E-state index in [1.807, 2.05) is 0 Å². The molecule has 0 bridgehead atoms. The number of nitrogens with one attached hydrogen (secondary N) is 1. The topological polar surface area (TPSA) is 75.7 Å². The summed E-state index contributed by atoms with van der Waals surface area (Å²) in [6, 6.07) is 10.5. The largest absolute Gasteiger partial charge is 0.492 e. The van der Waals surface area contributed by atoms with Gasteiger partial charge in [0, 0.05) is 23.2 Å². The van der Waals surface area contributed by atoms with Gasteiger partial charge in [0.2, 0.25) is 10.0 Å². The molecule has 160 valence electrons. The molecule has 1 amide bonds. The molecule has 2 aromatic carbocycles. The number of benzene rings is 2. The van der Waals surface area contributed by atoms with E-state index in [0.29, 0.717) is 40.4 Å². The summed E-state index contributed by atoms with van der Waals surface area (Å²) in [5, 5.41) is 3.09. The molecule has 3 rings (SSSR count). The molecule has 0 aliphatic rings. The van der Waals surface area contributed by atoms with Crippen molar-refractivity contribution in [3.05, 3.63) is 53.2 Å². The number of nitrogens with zero attached hydrogens (tertiary/aromatic N) is 1. The van der Waals surface area contributed by atoms with Crippen LogP contribution in [0.15, 0.2) is 47.4 Å². The molecule has 1 N–H and O–H groups in total. The Hall–Kier alpha value is -2.49. The molecule has 30 heavy (non-hydrogen) atoms. The molecule has 9 heteroatoms. The van der Waals surface area contributed by atoms with E-state index in [0.717, 1.165) is 11.3 Å². The summed E-state index contributed by atoms with van der Waals surface area (Å²) in [5.74, 6) is -0.504. The van der Waals surface area contributed by atoms with Crippen molar-refractivity contribution in [2.24, 2.45) is 0 Å². The second kappa shape index (κ2) is 9.11. The predicted octanol–water partition coefficient (Wildman–Crippen LogP) is 4.72. The van der Waals surface area contributed by atoms with Crippen molar-refractivity contribution in [2.45, 2.75) is 25.7 Å². The fraction of sp³-hybridized carbons (Fsp3) is 0.286. The normalized spacial score (nSPS) is 11.8. The van der Waals surface area contributed by atoms with Crippen LogP contribution >= 0.6 is 11.3 Å². The first-order chi connectivity index (χ1) is 14.3. The lowest BCUT2D eigenvalue weighted by atomic mass is 10.2. The highest BCUT2D eigenvalue weighted by molar-refractivity contribution is 7.89. The van der Waals surface area contributed by atoms with Gasteiger partial charge in [0.25, 0.3) is 5.91 Å². The zero-order chi connectivity index (χ0) is 21.9. The maximum absolute atomic E-state index is 14.0. The van der Waals surface area contributed by atoms with Gasteiger partial charge >= 0.3 is 0 Å². The van der Waals surface area contributed by atoms with Crippen LogP contribution in [0.5, 0.6) is 5.75 Å². The fourth-order valence-corrected chi connectivity index (χ4v) is 5.54. The van der Waals surface area contributed by atoms with Gasteiger partial charge in [-0.2, -0.15) is 4.31 Å². The van der Waals surface area contributed by atoms with Crippen molar-refractivity contribution in [2.75, 3.05) is 25.0 Å². The Kier molecular flexibility index (Phi) is 6.74. The van der Waals surface area contributed by atoms with Gasteiger partial charge in [-0.3, -0.25) is 4.79 Å². The number of hydrogen-bond acceptors (Lipinski definition) is 5. The minimum absolute atomic E-state index is 0.0624.